The van der Waals surface area contributed by atoms with Gasteiger partial charge >= 0.3 is 6.03 Å². The normalized spacial score (nSPS) is 14.9. The number of urea groups is 1. The van der Waals surface area contributed by atoms with E-state index in [4.69, 9.17) is 0 Å². The number of carbonyl (C=O) groups excluding carboxylic acids is 1. The molecule has 0 saturated carbocycles. The second-order valence-electron chi connectivity index (χ2n) is 6.78. The topological polar surface area (TPSA) is 60.5 Å². The van der Waals surface area contributed by atoms with Gasteiger partial charge in [-0.1, -0.05) is 24.3 Å². The lowest BCUT2D eigenvalue weighted by Crippen LogP contribution is -2.44. The first-order valence-corrected chi connectivity index (χ1v) is 9.06. The Hall–Kier alpha value is -2.60. The number of pyridine rings is 1. The Morgan fingerprint density at radius 2 is 1.81 bits per heavy atom. The van der Waals surface area contributed by atoms with Crippen molar-refractivity contribution in [3.05, 3.63) is 59.3 Å². The van der Waals surface area contributed by atoms with Gasteiger partial charge in [0.05, 0.1) is 0 Å². The third-order valence-electron chi connectivity index (χ3n) is 4.79. The molecule has 1 aromatic carbocycles. The minimum absolute atomic E-state index is 0.161. The van der Waals surface area contributed by atoms with Gasteiger partial charge in [-0.2, -0.15) is 0 Å². The Kier molecular flexibility index (Phi) is 6.07. The van der Waals surface area contributed by atoms with Crippen molar-refractivity contribution >= 4 is 11.8 Å². The van der Waals surface area contributed by atoms with Crippen molar-refractivity contribution in [1.29, 1.82) is 0 Å². The second-order valence-corrected chi connectivity index (χ2v) is 6.78. The van der Waals surface area contributed by atoms with E-state index < -0.39 is 0 Å². The Morgan fingerprint density at radius 3 is 2.58 bits per heavy atom. The fraction of sp³-hybridized carbons (Fsp3) is 0.400. The summed E-state index contributed by atoms with van der Waals surface area (Å²) in [6, 6.07) is 11.9. The van der Waals surface area contributed by atoms with Gasteiger partial charge in [-0.3, -0.25) is 0 Å². The Labute approximate surface area is 155 Å². The zero-order valence-corrected chi connectivity index (χ0v) is 15.5. The quantitative estimate of drug-likeness (QED) is 0.865. The minimum Gasteiger partial charge on any atom is -0.354 e. The highest BCUT2D eigenvalue weighted by molar-refractivity contribution is 5.73. The number of nitrogens with zero attached hydrogens (tertiary/aromatic N) is 3. The van der Waals surface area contributed by atoms with Crippen LogP contribution in [0.2, 0.25) is 0 Å². The first-order chi connectivity index (χ1) is 12.6. The zero-order chi connectivity index (χ0) is 18.4. The van der Waals surface area contributed by atoms with Crippen LogP contribution in [0.15, 0.2) is 42.6 Å². The number of rotatable bonds is 5. The van der Waals surface area contributed by atoms with Gasteiger partial charge in [-0.15, -0.1) is 0 Å². The van der Waals surface area contributed by atoms with Gasteiger partial charge in [0.15, 0.2) is 0 Å². The molecule has 1 saturated heterocycles. The van der Waals surface area contributed by atoms with Crippen LogP contribution in [-0.4, -0.2) is 49.1 Å². The molecule has 3 rings (SSSR count). The monoisotopic (exact) mass is 353 g/mol. The molecule has 0 spiro atoms. The van der Waals surface area contributed by atoms with Gasteiger partial charge in [-0.05, 0) is 42.8 Å². The first kappa shape index (κ1) is 18.2. The molecule has 1 aromatic heterocycles. The predicted molar refractivity (Wildman–Crippen MR) is 104 cm³/mol. The summed E-state index contributed by atoms with van der Waals surface area (Å²) in [5, 5.41) is 5.83. The predicted octanol–water partition coefficient (Wildman–Crippen LogP) is 2.14. The summed E-state index contributed by atoms with van der Waals surface area (Å²) < 4.78 is 0. The van der Waals surface area contributed by atoms with Crippen LogP contribution in [0.3, 0.4) is 0 Å². The lowest BCUT2D eigenvalue weighted by Gasteiger charge is -2.33. The highest BCUT2D eigenvalue weighted by Crippen LogP contribution is 2.14. The van der Waals surface area contributed by atoms with Crippen LogP contribution in [0.4, 0.5) is 10.6 Å². The Morgan fingerprint density at radius 1 is 1.08 bits per heavy atom. The fourth-order valence-electron chi connectivity index (χ4n) is 3.01. The number of carbonyl (C=O) groups is 1. The van der Waals surface area contributed by atoms with E-state index in [1.54, 1.807) is 0 Å². The van der Waals surface area contributed by atoms with Crippen LogP contribution >= 0.6 is 0 Å². The molecular weight excluding hydrogens is 326 g/mol. The third-order valence-corrected chi connectivity index (χ3v) is 4.79. The van der Waals surface area contributed by atoms with E-state index >= 15 is 0 Å². The minimum atomic E-state index is -0.161. The lowest BCUT2D eigenvalue weighted by atomic mass is 10.1. The Balaban J connectivity index is 1.49. The molecule has 2 N–H and O–H groups in total. The highest BCUT2D eigenvalue weighted by Gasteiger charge is 2.15. The van der Waals surface area contributed by atoms with E-state index in [2.05, 4.69) is 38.5 Å². The molecule has 1 fully saturated rings. The number of amides is 2. The van der Waals surface area contributed by atoms with Gasteiger partial charge in [0.25, 0.3) is 0 Å². The molecule has 138 valence electrons. The number of benzene rings is 1. The van der Waals surface area contributed by atoms with Gasteiger partial charge in [0.1, 0.15) is 5.82 Å². The molecule has 0 bridgehead atoms. The van der Waals surface area contributed by atoms with Crippen LogP contribution < -0.4 is 15.5 Å². The van der Waals surface area contributed by atoms with Crippen molar-refractivity contribution in [1.82, 2.24) is 20.5 Å². The van der Waals surface area contributed by atoms with E-state index in [-0.39, 0.29) is 6.03 Å². The number of aryl methyl sites for hydroxylation is 1. The Bertz CT molecular complexity index is 740. The molecule has 0 aliphatic carbocycles. The van der Waals surface area contributed by atoms with Gasteiger partial charge in [0, 0.05) is 45.5 Å². The summed E-state index contributed by atoms with van der Waals surface area (Å²) in [7, 11) is 2.14. The summed E-state index contributed by atoms with van der Waals surface area (Å²) in [6.45, 7) is 7.13. The molecule has 6 heteroatoms. The van der Waals surface area contributed by atoms with Crippen molar-refractivity contribution in [2.24, 2.45) is 0 Å². The SMILES string of the molecule is Cc1ccccc1CNC(=O)NCc1ccnc(N2CCN(C)CC2)c1. The van der Waals surface area contributed by atoms with Gasteiger partial charge < -0.3 is 20.4 Å². The molecule has 2 aromatic rings. The van der Waals surface area contributed by atoms with Gasteiger partial charge in [-0.25, -0.2) is 9.78 Å². The summed E-state index contributed by atoms with van der Waals surface area (Å²) >= 11 is 0. The van der Waals surface area contributed by atoms with E-state index in [0.717, 1.165) is 43.1 Å². The largest absolute Gasteiger partial charge is 0.354 e. The molecule has 1 aliphatic rings. The van der Waals surface area contributed by atoms with E-state index in [9.17, 15) is 4.79 Å². The standard InChI is InChI=1S/C20H27N5O/c1-16-5-3-4-6-18(16)15-23-20(26)22-14-17-7-8-21-19(13-17)25-11-9-24(2)10-12-25/h3-8,13H,9-12,14-15H2,1-2H3,(H2,22,23,26). The first-order valence-electron chi connectivity index (χ1n) is 9.06. The smallest absolute Gasteiger partial charge is 0.315 e. The number of piperazine rings is 1. The molecule has 26 heavy (non-hydrogen) atoms. The average molecular weight is 353 g/mol. The molecule has 0 radical (unpaired) electrons. The number of likely N-dealkylation sites (N-methyl/N-ethyl adjacent to an activating group) is 1. The zero-order valence-electron chi connectivity index (χ0n) is 15.5. The van der Waals surface area contributed by atoms with Crippen LogP contribution in [-0.2, 0) is 13.1 Å². The van der Waals surface area contributed by atoms with Crippen molar-refractivity contribution in [2.45, 2.75) is 20.0 Å². The molecule has 2 amide bonds. The van der Waals surface area contributed by atoms with E-state index in [1.807, 2.05) is 43.5 Å². The second kappa shape index (κ2) is 8.67. The average Bonchev–Trinajstić information content (AvgIpc) is 2.66. The summed E-state index contributed by atoms with van der Waals surface area (Å²) in [5.41, 5.74) is 3.36. The summed E-state index contributed by atoms with van der Waals surface area (Å²) in [6.07, 6.45) is 1.82. The number of nitrogens with one attached hydrogen (secondary N) is 2. The van der Waals surface area contributed by atoms with Crippen LogP contribution in [0.5, 0.6) is 0 Å². The number of hydrogen-bond donors (Lipinski definition) is 2. The van der Waals surface area contributed by atoms with Gasteiger partial charge in [0.2, 0.25) is 0 Å². The summed E-state index contributed by atoms with van der Waals surface area (Å²) in [4.78, 5) is 21.2. The van der Waals surface area contributed by atoms with Crippen molar-refractivity contribution in [3.63, 3.8) is 0 Å². The molecule has 2 heterocycles. The highest BCUT2D eigenvalue weighted by atomic mass is 16.2. The van der Waals surface area contributed by atoms with Crippen LogP contribution in [0, 0.1) is 6.92 Å². The number of anilines is 1. The third kappa shape index (κ3) is 4.95. The fourth-order valence-corrected chi connectivity index (χ4v) is 3.01. The number of hydrogen-bond acceptors (Lipinski definition) is 4. The maximum Gasteiger partial charge on any atom is 0.315 e. The maximum atomic E-state index is 12.1. The van der Waals surface area contributed by atoms with E-state index in [0.29, 0.717) is 13.1 Å². The van der Waals surface area contributed by atoms with Crippen molar-refractivity contribution < 1.29 is 4.79 Å². The molecule has 0 atom stereocenters. The molecule has 1 aliphatic heterocycles. The van der Waals surface area contributed by atoms with Crippen LogP contribution in [0.25, 0.3) is 0 Å². The molecule has 0 unspecified atom stereocenters. The molecular formula is C20H27N5O. The van der Waals surface area contributed by atoms with Crippen molar-refractivity contribution in [3.8, 4) is 0 Å². The van der Waals surface area contributed by atoms with Crippen LogP contribution in [0.1, 0.15) is 16.7 Å². The summed E-state index contributed by atoms with van der Waals surface area (Å²) in [5.74, 6) is 0.984. The lowest BCUT2D eigenvalue weighted by molar-refractivity contribution is 0.240. The van der Waals surface area contributed by atoms with Crippen molar-refractivity contribution in [2.75, 3.05) is 38.1 Å². The maximum absolute atomic E-state index is 12.1. The number of aromatic nitrogens is 1. The molecule has 6 nitrogen and oxygen atoms in total. The van der Waals surface area contributed by atoms with E-state index in [1.165, 1.54) is 5.56 Å².